The molecule has 40 valence electrons. The van der Waals surface area contributed by atoms with E-state index in [1.165, 1.54) is 0 Å². The molecule has 0 aliphatic rings. The molecule has 0 spiro atoms. The fourth-order valence-corrected chi connectivity index (χ4v) is 0.0712. The summed E-state index contributed by atoms with van der Waals surface area (Å²) in [7, 11) is 0. The van der Waals surface area contributed by atoms with Crippen molar-refractivity contribution in [1.29, 1.82) is 0 Å². The Kier molecular flexibility index (Phi) is 4.61. The van der Waals surface area contributed by atoms with Crippen molar-refractivity contribution in [3.8, 4) is 0 Å². The Morgan fingerprint density at radius 3 is 2.86 bits per heavy atom. The monoisotopic (exact) mass is 104 g/mol. The average molecular weight is 104 g/mol. The molecular formula is C3H4O4. The molecule has 0 aromatic rings. The summed E-state index contributed by atoms with van der Waals surface area (Å²) in [6.45, 7) is 3.11. The fraction of sp³-hybridized carbons (Fsp3) is 0. The van der Waals surface area contributed by atoms with Crippen LogP contribution in [0.4, 0.5) is 0 Å². The molecule has 1 N–H and O–H groups in total. The van der Waals surface area contributed by atoms with E-state index < -0.39 is 0 Å². The SMILES string of the molecule is C=C=COOOO. The van der Waals surface area contributed by atoms with Crippen LogP contribution in [0.1, 0.15) is 0 Å². The summed E-state index contributed by atoms with van der Waals surface area (Å²) in [5.41, 5.74) is 2.19. The van der Waals surface area contributed by atoms with Crippen LogP contribution >= 0.6 is 0 Å². The molecule has 0 saturated carbocycles. The summed E-state index contributed by atoms with van der Waals surface area (Å²) in [5, 5.41) is 13.9. The van der Waals surface area contributed by atoms with E-state index in [1.54, 1.807) is 0 Å². The van der Waals surface area contributed by atoms with E-state index in [1.807, 2.05) is 0 Å². The van der Waals surface area contributed by atoms with Crippen LogP contribution < -0.4 is 0 Å². The first-order valence-corrected chi connectivity index (χ1v) is 1.39. The smallest absolute Gasteiger partial charge is 0.174 e. The van der Waals surface area contributed by atoms with Crippen molar-refractivity contribution in [2.75, 3.05) is 0 Å². The lowest BCUT2D eigenvalue weighted by atomic mass is 11.0. The van der Waals surface area contributed by atoms with E-state index in [-0.39, 0.29) is 0 Å². The van der Waals surface area contributed by atoms with Crippen LogP contribution in [0.25, 0.3) is 0 Å². The predicted molar refractivity (Wildman–Crippen MR) is 19.6 cm³/mol. The Labute approximate surface area is 40.0 Å². The van der Waals surface area contributed by atoms with Crippen LogP contribution in [0.2, 0.25) is 0 Å². The van der Waals surface area contributed by atoms with Gasteiger partial charge in [0, 0.05) is 5.04 Å². The van der Waals surface area contributed by atoms with E-state index in [2.05, 4.69) is 27.3 Å². The van der Waals surface area contributed by atoms with Gasteiger partial charge in [0.15, 0.2) is 6.26 Å². The first-order valence-electron chi connectivity index (χ1n) is 1.39. The molecule has 0 saturated heterocycles. The molecule has 0 aromatic carbocycles. The second kappa shape index (κ2) is 5.20. The van der Waals surface area contributed by atoms with E-state index in [9.17, 15) is 0 Å². The average Bonchev–Trinajstić information content (AvgIpc) is 1.69. The minimum absolute atomic E-state index is 0.968. The third-order valence-electron chi connectivity index (χ3n) is 0.201. The molecule has 0 aliphatic carbocycles. The lowest BCUT2D eigenvalue weighted by Crippen LogP contribution is -1.83. The Bertz CT molecular complexity index is 73.0. The van der Waals surface area contributed by atoms with Gasteiger partial charge in [0.1, 0.15) is 0 Å². The zero-order valence-electron chi connectivity index (χ0n) is 3.46. The van der Waals surface area contributed by atoms with Gasteiger partial charge in [-0.15, -0.1) is 0 Å². The Balaban J connectivity index is 2.83. The highest BCUT2D eigenvalue weighted by Crippen LogP contribution is 1.74. The lowest BCUT2D eigenvalue weighted by Gasteiger charge is -1.85. The van der Waals surface area contributed by atoms with Crippen LogP contribution in [0.5, 0.6) is 0 Å². The van der Waals surface area contributed by atoms with Crippen LogP contribution in [0.3, 0.4) is 0 Å². The van der Waals surface area contributed by atoms with Gasteiger partial charge in [-0.1, -0.05) is 12.3 Å². The Hall–Kier alpha value is -0.800. The second-order valence-corrected chi connectivity index (χ2v) is 0.561. The topological polar surface area (TPSA) is 47.9 Å². The molecule has 4 heteroatoms. The van der Waals surface area contributed by atoms with Crippen molar-refractivity contribution < 1.29 is 20.2 Å². The molecule has 0 atom stereocenters. The highest BCUT2D eigenvalue weighted by molar-refractivity contribution is 4.61. The molecule has 0 bridgehead atoms. The fourth-order valence-electron chi connectivity index (χ4n) is 0.0712. The first kappa shape index (κ1) is 6.20. The number of rotatable bonds is 3. The van der Waals surface area contributed by atoms with E-state index >= 15 is 0 Å². The lowest BCUT2D eigenvalue weighted by molar-refractivity contribution is -0.609. The van der Waals surface area contributed by atoms with Gasteiger partial charge in [0.2, 0.25) is 0 Å². The highest BCUT2D eigenvalue weighted by atomic mass is 17.6. The molecule has 0 unspecified atom stereocenters. The molecule has 0 rings (SSSR count). The summed E-state index contributed by atoms with van der Waals surface area (Å²) >= 11 is 0. The molecule has 0 amide bonds. The summed E-state index contributed by atoms with van der Waals surface area (Å²) in [6, 6.07) is 0. The maximum Gasteiger partial charge on any atom is 0.174 e. The summed E-state index contributed by atoms with van der Waals surface area (Å²) in [5.74, 6) is 0. The van der Waals surface area contributed by atoms with Crippen LogP contribution in [0, 0.1) is 0 Å². The summed E-state index contributed by atoms with van der Waals surface area (Å²) in [6.07, 6.45) is 0.968. The van der Waals surface area contributed by atoms with Gasteiger partial charge in [-0.2, -0.15) is 0 Å². The molecule has 0 aromatic heterocycles. The van der Waals surface area contributed by atoms with Gasteiger partial charge in [-0.25, -0.2) is 5.26 Å². The quantitative estimate of drug-likeness (QED) is 0.187. The second-order valence-electron chi connectivity index (χ2n) is 0.561. The van der Waals surface area contributed by atoms with Crippen molar-refractivity contribution in [2.24, 2.45) is 0 Å². The molecule has 7 heavy (non-hydrogen) atoms. The minimum Gasteiger partial charge on any atom is -0.306 e. The predicted octanol–water partition coefficient (Wildman–Crippen LogP) is 0.638. The Morgan fingerprint density at radius 1 is 1.71 bits per heavy atom. The van der Waals surface area contributed by atoms with Gasteiger partial charge < -0.3 is 4.89 Å². The van der Waals surface area contributed by atoms with Crippen molar-refractivity contribution >= 4 is 0 Å². The third kappa shape index (κ3) is 5.20. The van der Waals surface area contributed by atoms with Gasteiger partial charge in [0.05, 0.1) is 0 Å². The third-order valence-corrected chi connectivity index (χ3v) is 0.201. The first-order chi connectivity index (χ1) is 3.41. The highest BCUT2D eigenvalue weighted by Gasteiger charge is 1.70. The standard InChI is InChI=1S/C3H4O4/c1-2-3-5-7-6-4/h3-4H,1H2. The van der Waals surface area contributed by atoms with Gasteiger partial charge in [0.25, 0.3) is 0 Å². The zero-order chi connectivity index (χ0) is 5.54. The molecule has 0 aliphatic heterocycles. The maximum absolute atomic E-state index is 7.38. The van der Waals surface area contributed by atoms with E-state index in [0.29, 0.717) is 0 Å². The van der Waals surface area contributed by atoms with Gasteiger partial charge >= 0.3 is 0 Å². The number of hydrogen-bond donors (Lipinski definition) is 1. The van der Waals surface area contributed by atoms with Crippen molar-refractivity contribution in [3.63, 3.8) is 0 Å². The molecule has 0 radical (unpaired) electrons. The van der Waals surface area contributed by atoms with Crippen molar-refractivity contribution in [2.45, 2.75) is 0 Å². The maximum atomic E-state index is 7.38. The largest absolute Gasteiger partial charge is 0.306 e. The van der Waals surface area contributed by atoms with Gasteiger partial charge in [-0.3, -0.25) is 0 Å². The molecular weight excluding hydrogens is 100 g/mol. The summed E-state index contributed by atoms with van der Waals surface area (Å²) < 4.78 is 0. The van der Waals surface area contributed by atoms with Crippen LogP contribution in [-0.2, 0) is 15.0 Å². The normalized spacial score (nSPS) is 7.00. The van der Waals surface area contributed by atoms with Gasteiger partial charge in [-0.05, 0) is 5.04 Å². The minimum atomic E-state index is 0.968. The van der Waals surface area contributed by atoms with E-state index in [4.69, 9.17) is 5.26 Å². The van der Waals surface area contributed by atoms with Crippen molar-refractivity contribution in [3.05, 3.63) is 18.6 Å². The number of hydrogen-bond acceptors (Lipinski definition) is 4. The molecule has 0 heterocycles. The zero-order valence-corrected chi connectivity index (χ0v) is 3.46. The Morgan fingerprint density at radius 2 is 2.43 bits per heavy atom. The van der Waals surface area contributed by atoms with Crippen LogP contribution in [-0.4, -0.2) is 5.26 Å². The molecule has 4 nitrogen and oxygen atoms in total. The van der Waals surface area contributed by atoms with Crippen molar-refractivity contribution in [1.82, 2.24) is 0 Å². The van der Waals surface area contributed by atoms with Crippen LogP contribution in [0.15, 0.2) is 18.6 Å². The molecule has 0 fully saturated rings. The van der Waals surface area contributed by atoms with E-state index in [0.717, 1.165) is 6.26 Å². The summed E-state index contributed by atoms with van der Waals surface area (Å²) in [4.78, 5) is 3.86.